The Labute approximate surface area is 220 Å². The van der Waals surface area contributed by atoms with Crippen LogP contribution in [0.15, 0.2) is 84.9 Å². The highest BCUT2D eigenvalue weighted by Gasteiger charge is 2.34. The van der Waals surface area contributed by atoms with Crippen molar-refractivity contribution in [3.63, 3.8) is 0 Å². The molecule has 0 saturated carbocycles. The van der Waals surface area contributed by atoms with Crippen LogP contribution in [-0.4, -0.2) is 34.8 Å². The number of aromatic amines is 1. The molecule has 0 radical (unpaired) electrons. The minimum atomic E-state index is -4.51. The fourth-order valence-corrected chi connectivity index (χ4v) is 4.65. The first kappa shape index (κ1) is 26.8. The van der Waals surface area contributed by atoms with E-state index < -0.39 is 11.7 Å². The van der Waals surface area contributed by atoms with Gasteiger partial charge in [-0.05, 0) is 36.1 Å². The smallest absolute Gasteiger partial charge is 0.417 e. The van der Waals surface area contributed by atoms with Crippen molar-refractivity contribution in [2.45, 2.75) is 32.0 Å². The van der Waals surface area contributed by atoms with Crippen molar-refractivity contribution in [1.82, 2.24) is 15.1 Å². The van der Waals surface area contributed by atoms with Crippen LogP contribution in [-0.2, 0) is 12.7 Å². The molecule has 37 heavy (non-hydrogen) atoms. The standard InChI is InChI=1S/C29H29ClF3N3O/c1-21-18-27(35-34-21)37-17-9-16-36(19-24-14-8-15-26(28(24)30)29(31,32)33)20-25(22-10-4-2-5-11-22)23-12-6-3-7-13-23/h2-8,10-15,18,25H,9,16-17,19-20H2,1H3,(H,34,35). The molecule has 4 nitrogen and oxygen atoms in total. The quantitative estimate of drug-likeness (QED) is 0.205. The fraction of sp³-hybridized carbons (Fsp3) is 0.276. The van der Waals surface area contributed by atoms with Crippen LogP contribution in [0, 0.1) is 6.92 Å². The average molecular weight is 528 g/mol. The molecule has 0 saturated heterocycles. The molecule has 0 fully saturated rings. The molecule has 0 aliphatic heterocycles. The third kappa shape index (κ3) is 7.37. The number of hydrogen-bond acceptors (Lipinski definition) is 3. The van der Waals surface area contributed by atoms with Crippen LogP contribution in [0.5, 0.6) is 5.88 Å². The van der Waals surface area contributed by atoms with Gasteiger partial charge in [0.1, 0.15) is 0 Å². The molecule has 194 valence electrons. The minimum absolute atomic E-state index is 0.0295. The lowest BCUT2D eigenvalue weighted by molar-refractivity contribution is -0.137. The molecule has 0 aliphatic carbocycles. The summed E-state index contributed by atoms with van der Waals surface area (Å²) in [5, 5.41) is 6.68. The molecule has 8 heteroatoms. The molecule has 1 heterocycles. The maximum atomic E-state index is 13.5. The largest absolute Gasteiger partial charge is 0.477 e. The van der Waals surface area contributed by atoms with Gasteiger partial charge in [-0.2, -0.15) is 13.2 Å². The first-order valence-corrected chi connectivity index (χ1v) is 12.5. The van der Waals surface area contributed by atoms with E-state index in [1.54, 1.807) is 6.07 Å². The molecule has 3 aromatic carbocycles. The lowest BCUT2D eigenvalue weighted by Crippen LogP contribution is -2.31. The summed E-state index contributed by atoms with van der Waals surface area (Å²) in [5.74, 6) is 0.554. The fourth-order valence-electron chi connectivity index (χ4n) is 4.36. The molecule has 1 N–H and O–H groups in total. The molecular weight excluding hydrogens is 499 g/mol. The van der Waals surface area contributed by atoms with Gasteiger partial charge >= 0.3 is 6.18 Å². The highest BCUT2D eigenvalue weighted by molar-refractivity contribution is 6.32. The van der Waals surface area contributed by atoms with Crippen LogP contribution in [0.2, 0.25) is 5.02 Å². The topological polar surface area (TPSA) is 41.1 Å². The van der Waals surface area contributed by atoms with Crippen molar-refractivity contribution >= 4 is 11.6 Å². The Kier molecular flexibility index (Phi) is 8.90. The third-order valence-electron chi connectivity index (χ3n) is 6.17. The van der Waals surface area contributed by atoms with E-state index in [9.17, 15) is 13.2 Å². The average Bonchev–Trinajstić information content (AvgIpc) is 3.31. The molecule has 0 amide bonds. The molecule has 0 spiro atoms. The van der Waals surface area contributed by atoms with E-state index in [4.69, 9.17) is 16.3 Å². The molecular formula is C29H29ClF3N3O. The first-order chi connectivity index (χ1) is 17.8. The highest BCUT2D eigenvalue weighted by atomic mass is 35.5. The number of H-pyrrole nitrogens is 1. The Bertz CT molecular complexity index is 1220. The van der Waals surface area contributed by atoms with Crippen molar-refractivity contribution in [2.75, 3.05) is 19.7 Å². The van der Waals surface area contributed by atoms with Crippen molar-refractivity contribution in [3.05, 3.63) is 118 Å². The van der Waals surface area contributed by atoms with E-state index in [0.717, 1.165) is 22.9 Å². The number of ether oxygens (including phenoxy) is 1. The summed E-state index contributed by atoms with van der Waals surface area (Å²) in [6.45, 7) is 3.81. The van der Waals surface area contributed by atoms with Crippen LogP contribution in [0.1, 0.15) is 40.3 Å². The molecule has 0 unspecified atom stereocenters. The summed E-state index contributed by atoms with van der Waals surface area (Å²) in [4.78, 5) is 2.14. The number of rotatable bonds is 11. The molecule has 4 rings (SSSR count). The van der Waals surface area contributed by atoms with Crippen LogP contribution < -0.4 is 4.74 Å². The van der Waals surface area contributed by atoms with Crippen LogP contribution >= 0.6 is 11.6 Å². The summed E-state index contributed by atoms with van der Waals surface area (Å²) in [5.41, 5.74) is 2.81. The Morgan fingerprint density at radius 3 is 2.16 bits per heavy atom. The number of nitrogens with zero attached hydrogens (tertiary/aromatic N) is 2. The van der Waals surface area contributed by atoms with Crippen molar-refractivity contribution in [3.8, 4) is 5.88 Å². The van der Waals surface area contributed by atoms with Crippen LogP contribution in [0.4, 0.5) is 13.2 Å². The van der Waals surface area contributed by atoms with Crippen LogP contribution in [0.3, 0.4) is 0 Å². The van der Waals surface area contributed by atoms with Gasteiger partial charge in [0, 0.05) is 37.3 Å². The molecule has 0 atom stereocenters. The molecule has 0 bridgehead atoms. The van der Waals surface area contributed by atoms with Gasteiger partial charge in [-0.25, -0.2) is 0 Å². The Balaban J connectivity index is 1.57. The Morgan fingerprint density at radius 1 is 0.946 bits per heavy atom. The summed E-state index contributed by atoms with van der Waals surface area (Å²) in [6, 6.07) is 26.2. The van der Waals surface area contributed by atoms with Gasteiger partial charge in [0.25, 0.3) is 0 Å². The van der Waals surface area contributed by atoms with Gasteiger partial charge < -0.3 is 4.74 Å². The summed E-state index contributed by atoms with van der Waals surface area (Å²) in [7, 11) is 0. The first-order valence-electron chi connectivity index (χ1n) is 12.1. The van der Waals surface area contributed by atoms with Gasteiger partial charge in [0.05, 0.1) is 17.2 Å². The van der Waals surface area contributed by atoms with Crippen LogP contribution in [0.25, 0.3) is 0 Å². The van der Waals surface area contributed by atoms with Crippen molar-refractivity contribution in [1.29, 1.82) is 0 Å². The van der Waals surface area contributed by atoms with Gasteiger partial charge in [0.2, 0.25) is 5.88 Å². The van der Waals surface area contributed by atoms with Gasteiger partial charge in [-0.1, -0.05) is 84.4 Å². The van der Waals surface area contributed by atoms with E-state index in [2.05, 4.69) is 39.4 Å². The van der Waals surface area contributed by atoms with E-state index in [1.165, 1.54) is 6.07 Å². The maximum Gasteiger partial charge on any atom is 0.417 e. The lowest BCUT2D eigenvalue weighted by Gasteiger charge is -2.29. The summed E-state index contributed by atoms with van der Waals surface area (Å²) < 4.78 is 46.3. The lowest BCUT2D eigenvalue weighted by atomic mass is 9.90. The zero-order chi connectivity index (χ0) is 26.3. The number of aromatic nitrogens is 2. The summed E-state index contributed by atoms with van der Waals surface area (Å²) >= 11 is 6.27. The van der Waals surface area contributed by atoms with Gasteiger partial charge in [-0.3, -0.25) is 10.00 Å². The second-order valence-electron chi connectivity index (χ2n) is 8.98. The predicted molar refractivity (Wildman–Crippen MR) is 140 cm³/mol. The molecule has 0 aliphatic rings. The van der Waals surface area contributed by atoms with Crippen molar-refractivity contribution < 1.29 is 17.9 Å². The second-order valence-corrected chi connectivity index (χ2v) is 9.35. The zero-order valence-corrected chi connectivity index (χ0v) is 21.3. The predicted octanol–water partition coefficient (Wildman–Crippen LogP) is 7.49. The third-order valence-corrected chi connectivity index (χ3v) is 6.62. The SMILES string of the molecule is Cc1cc(OCCCN(Cc2cccc(C(F)(F)F)c2Cl)CC(c2ccccc2)c2ccccc2)n[nH]1. The van der Waals surface area contributed by atoms with Crippen molar-refractivity contribution in [2.24, 2.45) is 0 Å². The number of benzene rings is 3. The number of aryl methyl sites for hydroxylation is 1. The Morgan fingerprint density at radius 2 is 1.59 bits per heavy atom. The normalized spacial score (nSPS) is 11.9. The highest BCUT2D eigenvalue weighted by Crippen LogP contribution is 2.37. The minimum Gasteiger partial charge on any atom is -0.477 e. The van der Waals surface area contributed by atoms with E-state index in [0.29, 0.717) is 37.6 Å². The zero-order valence-electron chi connectivity index (χ0n) is 20.5. The van der Waals surface area contributed by atoms with E-state index >= 15 is 0 Å². The maximum absolute atomic E-state index is 13.5. The number of halogens is 4. The van der Waals surface area contributed by atoms with E-state index in [1.807, 2.05) is 49.4 Å². The number of alkyl halides is 3. The van der Waals surface area contributed by atoms with E-state index in [-0.39, 0.29) is 17.5 Å². The monoisotopic (exact) mass is 527 g/mol. The summed E-state index contributed by atoms with van der Waals surface area (Å²) in [6.07, 6.45) is -3.84. The van der Waals surface area contributed by atoms with Gasteiger partial charge in [-0.15, -0.1) is 5.10 Å². The number of hydrogen-bond donors (Lipinski definition) is 1. The van der Waals surface area contributed by atoms with Gasteiger partial charge in [0.15, 0.2) is 0 Å². The number of nitrogens with one attached hydrogen (secondary N) is 1. The second kappa shape index (κ2) is 12.3. The molecule has 1 aromatic heterocycles. The Hall–Kier alpha value is -3.29. The molecule has 4 aromatic rings.